The van der Waals surface area contributed by atoms with Gasteiger partial charge in [-0.05, 0) is 47.2 Å². The van der Waals surface area contributed by atoms with Crippen LogP contribution in [-0.4, -0.2) is 20.9 Å². The molecule has 1 aliphatic rings. The highest BCUT2D eigenvalue weighted by Gasteiger charge is 2.22. The average Bonchev–Trinajstić information content (AvgIpc) is 3.03. The van der Waals surface area contributed by atoms with Crippen molar-refractivity contribution in [1.82, 2.24) is 4.72 Å². The highest BCUT2D eigenvalue weighted by molar-refractivity contribution is 7.89. The Morgan fingerprint density at radius 2 is 1.85 bits per heavy atom. The second-order valence-corrected chi connectivity index (χ2v) is 8.70. The lowest BCUT2D eigenvalue weighted by Gasteiger charge is -2.15. The largest absolute Gasteiger partial charge is 0.312 e. The van der Waals surface area contributed by atoms with Crippen LogP contribution in [-0.2, 0) is 27.8 Å². The first-order valence-electron chi connectivity index (χ1n) is 8.77. The van der Waals surface area contributed by atoms with Gasteiger partial charge in [-0.3, -0.25) is 4.79 Å². The summed E-state index contributed by atoms with van der Waals surface area (Å²) in [5, 5.41) is 0. The van der Waals surface area contributed by atoms with E-state index >= 15 is 0 Å². The summed E-state index contributed by atoms with van der Waals surface area (Å²) in [5.41, 5.74) is 4.00. The number of hydrogen-bond donors (Lipinski definition) is 1. The average molecular weight is 372 g/mol. The molecule has 0 saturated heterocycles. The molecule has 138 valence electrons. The maximum atomic E-state index is 12.5. The third kappa shape index (κ3) is 3.81. The van der Waals surface area contributed by atoms with Gasteiger partial charge in [0.1, 0.15) is 0 Å². The number of benzene rings is 2. The van der Waals surface area contributed by atoms with Gasteiger partial charge in [-0.15, -0.1) is 0 Å². The number of rotatable bonds is 5. The van der Waals surface area contributed by atoms with Crippen LogP contribution in [0.5, 0.6) is 0 Å². The van der Waals surface area contributed by atoms with Crippen LogP contribution in [0.4, 0.5) is 5.69 Å². The molecule has 0 saturated carbocycles. The summed E-state index contributed by atoms with van der Waals surface area (Å²) in [6, 6.07) is 12.7. The second kappa shape index (κ2) is 7.21. The first-order valence-corrected chi connectivity index (χ1v) is 10.3. The zero-order valence-electron chi connectivity index (χ0n) is 15.3. The molecule has 0 bridgehead atoms. The van der Waals surface area contributed by atoms with E-state index in [1.807, 2.05) is 30.3 Å². The van der Waals surface area contributed by atoms with Crippen LogP contribution in [0.3, 0.4) is 0 Å². The summed E-state index contributed by atoms with van der Waals surface area (Å²) in [6.07, 6.45) is 0.798. The fraction of sp³-hybridized carbons (Fsp3) is 0.350. The zero-order chi connectivity index (χ0) is 18.9. The number of anilines is 1. The quantitative estimate of drug-likeness (QED) is 0.876. The normalized spacial score (nSPS) is 13.9. The van der Waals surface area contributed by atoms with Crippen molar-refractivity contribution in [2.45, 2.75) is 44.6 Å². The van der Waals surface area contributed by atoms with Gasteiger partial charge in [0.2, 0.25) is 15.9 Å². The molecule has 5 nitrogen and oxygen atoms in total. The molecular weight excluding hydrogens is 348 g/mol. The maximum absolute atomic E-state index is 12.5. The summed E-state index contributed by atoms with van der Waals surface area (Å²) in [5.74, 6) is 0.391. The van der Waals surface area contributed by atoms with Gasteiger partial charge >= 0.3 is 0 Å². The van der Waals surface area contributed by atoms with E-state index in [2.05, 4.69) is 18.6 Å². The first-order chi connectivity index (χ1) is 12.3. The molecule has 0 radical (unpaired) electrons. The number of nitrogens with one attached hydrogen (secondary N) is 1. The van der Waals surface area contributed by atoms with Gasteiger partial charge in [-0.1, -0.05) is 38.1 Å². The first kappa shape index (κ1) is 18.6. The minimum atomic E-state index is -3.55. The molecule has 1 amide bonds. The van der Waals surface area contributed by atoms with E-state index in [1.165, 1.54) is 0 Å². The number of nitrogens with zero attached hydrogens (tertiary/aromatic N) is 1. The third-order valence-electron chi connectivity index (χ3n) is 4.74. The number of hydrogen-bond acceptors (Lipinski definition) is 3. The predicted octanol–water partition coefficient (Wildman–Crippen LogP) is 3.20. The molecule has 1 aliphatic heterocycles. The molecule has 1 N–H and O–H groups in total. The van der Waals surface area contributed by atoms with Crippen LogP contribution >= 0.6 is 0 Å². The van der Waals surface area contributed by atoms with Crippen molar-refractivity contribution in [1.29, 1.82) is 0 Å². The van der Waals surface area contributed by atoms with E-state index in [0.717, 1.165) is 28.8 Å². The summed E-state index contributed by atoms with van der Waals surface area (Å²) in [6.45, 7) is 6.61. The highest BCUT2D eigenvalue weighted by atomic mass is 32.2. The highest BCUT2D eigenvalue weighted by Crippen LogP contribution is 2.29. The van der Waals surface area contributed by atoms with Crippen molar-refractivity contribution in [2.24, 2.45) is 0 Å². The van der Waals surface area contributed by atoms with Gasteiger partial charge in [0.15, 0.2) is 0 Å². The monoisotopic (exact) mass is 372 g/mol. The Kier molecular flexibility index (Phi) is 5.16. The Morgan fingerprint density at radius 1 is 1.15 bits per heavy atom. The zero-order valence-corrected chi connectivity index (χ0v) is 16.1. The Balaban J connectivity index is 1.71. The lowest BCUT2D eigenvalue weighted by Crippen LogP contribution is -2.25. The smallest absolute Gasteiger partial charge is 0.240 e. The standard InChI is InChI=1S/C20H24N2O3S/c1-14(2)17-5-7-19(8-6-17)26(24,25)21-13-16-4-9-20-18(12-16)10-11-22(20)15(3)23/h4-9,12,14,21H,10-11,13H2,1-3H3. The topological polar surface area (TPSA) is 66.5 Å². The van der Waals surface area contributed by atoms with Gasteiger partial charge < -0.3 is 4.90 Å². The number of sulfonamides is 1. The summed E-state index contributed by atoms with van der Waals surface area (Å²) in [4.78, 5) is 13.6. The van der Waals surface area contributed by atoms with Gasteiger partial charge in [0, 0.05) is 25.7 Å². The Labute approximate surface area is 155 Å². The molecule has 3 rings (SSSR count). The van der Waals surface area contributed by atoms with Crippen molar-refractivity contribution in [3.05, 3.63) is 59.2 Å². The summed E-state index contributed by atoms with van der Waals surface area (Å²) < 4.78 is 27.7. The fourth-order valence-electron chi connectivity index (χ4n) is 3.19. The lowest BCUT2D eigenvalue weighted by molar-refractivity contribution is -0.116. The predicted molar refractivity (Wildman–Crippen MR) is 103 cm³/mol. The van der Waals surface area contributed by atoms with Gasteiger partial charge in [-0.2, -0.15) is 0 Å². The van der Waals surface area contributed by atoms with Crippen molar-refractivity contribution in [2.75, 3.05) is 11.4 Å². The molecule has 0 aromatic heterocycles. The van der Waals surface area contributed by atoms with Crippen LogP contribution in [0.15, 0.2) is 47.4 Å². The second-order valence-electron chi connectivity index (χ2n) is 6.93. The number of carbonyl (C=O) groups is 1. The summed E-state index contributed by atoms with van der Waals surface area (Å²) in [7, 11) is -3.55. The van der Waals surface area contributed by atoms with E-state index in [4.69, 9.17) is 0 Å². The lowest BCUT2D eigenvalue weighted by atomic mass is 10.0. The Hall–Kier alpha value is -2.18. The van der Waals surface area contributed by atoms with Crippen molar-refractivity contribution >= 4 is 21.6 Å². The number of fused-ring (bicyclic) bond motifs is 1. The molecule has 2 aromatic rings. The molecule has 6 heteroatoms. The van der Waals surface area contributed by atoms with E-state index in [9.17, 15) is 13.2 Å². The Morgan fingerprint density at radius 3 is 2.46 bits per heavy atom. The molecule has 0 atom stereocenters. The fourth-order valence-corrected chi connectivity index (χ4v) is 4.20. The SMILES string of the molecule is CC(=O)N1CCc2cc(CNS(=O)(=O)c3ccc(C(C)C)cc3)ccc21. The minimum Gasteiger partial charge on any atom is -0.312 e. The van der Waals surface area contributed by atoms with Crippen LogP contribution in [0.2, 0.25) is 0 Å². The van der Waals surface area contributed by atoms with Crippen molar-refractivity contribution in [3.8, 4) is 0 Å². The molecule has 2 aromatic carbocycles. The number of amides is 1. The van der Waals surface area contributed by atoms with Gasteiger partial charge in [0.25, 0.3) is 0 Å². The third-order valence-corrected chi connectivity index (χ3v) is 6.16. The van der Waals surface area contributed by atoms with E-state index in [-0.39, 0.29) is 17.3 Å². The van der Waals surface area contributed by atoms with E-state index in [0.29, 0.717) is 12.5 Å². The van der Waals surface area contributed by atoms with Crippen molar-refractivity contribution < 1.29 is 13.2 Å². The van der Waals surface area contributed by atoms with Crippen LogP contribution < -0.4 is 9.62 Å². The van der Waals surface area contributed by atoms with Gasteiger partial charge in [0.05, 0.1) is 4.90 Å². The van der Waals surface area contributed by atoms with Crippen LogP contribution in [0, 0.1) is 0 Å². The number of carbonyl (C=O) groups excluding carboxylic acids is 1. The van der Waals surface area contributed by atoms with Crippen LogP contribution in [0.1, 0.15) is 43.4 Å². The van der Waals surface area contributed by atoms with Crippen LogP contribution in [0.25, 0.3) is 0 Å². The summed E-state index contributed by atoms with van der Waals surface area (Å²) >= 11 is 0. The molecule has 0 spiro atoms. The molecular formula is C20H24N2O3S. The molecule has 0 fully saturated rings. The van der Waals surface area contributed by atoms with Crippen molar-refractivity contribution in [3.63, 3.8) is 0 Å². The molecule has 0 aliphatic carbocycles. The molecule has 26 heavy (non-hydrogen) atoms. The molecule has 1 heterocycles. The minimum absolute atomic E-state index is 0.0297. The van der Waals surface area contributed by atoms with E-state index < -0.39 is 10.0 Å². The maximum Gasteiger partial charge on any atom is 0.240 e. The van der Waals surface area contributed by atoms with Gasteiger partial charge in [-0.25, -0.2) is 13.1 Å². The van der Waals surface area contributed by atoms with E-state index in [1.54, 1.807) is 24.0 Å². The Bertz CT molecular complexity index is 919. The molecule has 0 unspecified atom stereocenters.